The summed E-state index contributed by atoms with van der Waals surface area (Å²) in [5, 5.41) is -0.124. The molecule has 0 spiro atoms. The third-order valence-electron chi connectivity index (χ3n) is 2.34. The normalized spacial score (nSPS) is 10.2. The van der Waals surface area contributed by atoms with Crippen LogP contribution in [0.2, 0.25) is 5.28 Å². The van der Waals surface area contributed by atoms with E-state index in [4.69, 9.17) is 25.8 Å². The molecule has 2 aromatic heterocycles. The summed E-state index contributed by atoms with van der Waals surface area (Å²) in [5.41, 5.74) is -0.000969. The zero-order valence-electron chi connectivity index (χ0n) is 10.8. The summed E-state index contributed by atoms with van der Waals surface area (Å²) in [5.74, 6) is -0.621. The minimum atomic E-state index is -0.709. The first-order valence-electron chi connectivity index (χ1n) is 5.33. The predicted octanol–water partition coefficient (Wildman–Crippen LogP) is 1.75. The highest BCUT2D eigenvalue weighted by Crippen LogP contribution is 2.37. The van der Waals surface area contributed by atoms with E-state index < -0.39 is 5.82 Å². The Morgan fingerprint density at radius 2 is 1.60 bits per heavy atom. The average molecular weight is 301 g/mol. The van der Waals surface area contributed by atoms with Gasteiger partial charge in [-0.25, -0.2) is 14.4 Å². The molecule has 2 rings (SSSR count). The molecule has 7 nitrogen and oxygen atoms in total. The molecular weight excluding hydrogens is 291 g/mol. The van der Waals surface area contributed by atoms with Gasteiger partial charge in [0.05, 0.1) is 27.5 Å². The third-order valence-corrected chi connectivity index (χ3v) is 2.52. The number of aromatic nitrogens is 4. The van der Waals surface area contributed by atoms with E-state index in [9.17, 15) is 4.39 Å². The van der Waals surface area contributed by atoms with Crippen LogP contribution in [-0.4, -0.2) is 41.3 Å². The Balaban J connectivity index is 2.74. The van der Waals surface area contributed by atoms with Crippen LogP contribution in [0, 0.1) is 5.82 Å². The van der Waals surface area contributed by atoms with Gasteiger partial charge >= 0.3 is 6.01 Å². The smallest absolute Gasteiger partial charge is 0.322 e. The lowest BCUT2D eigenvalue weighted by Gasteiger charge is -2.12. The van der Waals surface area contributed by atoms with Crippen molar-refractivity contribution in [2.24, 2.45) is 0 Å². The Labute approximate surface area is 118 Å². The molecule has 106 valence electrons. The second-order valence-electron chi connectivity index (χ2n) is 3.44. The average Bonchev–Trinajstić information content (AvgIpc) is 2.48. The number of hydrogen-bond donors (Lipinski definition) is 0. The number of hydrogen-bond acceptors (Lipinski definition) is 7. The highest BCUT2D eigenvalue weighted by atomic mass is 35.5. The van der Waals surface area contributed by atoms with Crippen molar-refractivity contribution in [3.63, 3.8) is 0 Å². The van der Waals surface area contributed by atoms with Gasteiger partial charge in [0.2, 0.25) is 17.0 Å². The molecule has 0 aliphatic heterocycles. The molecule has 2 heterocycles. The highest BCUT2D eigenvalue weighted by Gasteiger charge is 2.23. The largest absolute Gasteiger partial charge is 0.480 e. The van der Waals surface area contributed by atoms with E-state index in [-0.39, 0.29) is 34.3 Å². The lowest BCUT2D eigenvalue weighted by atomic mass is 10.2. The number of halogens is 2. The first-order chi connectivity index (χ1) is 9.60. The van der Waals surface area contributed by atoms with Crippen molar-refractivity contribution in [2.75, 3.05) is 21.3 Å². The summed E-state index contributed by atoms with van der Waals surface area (Å²) >= 11 is 5.68. The van der Waals surface area contributed by atoms with Gasteiger partial charge in [0.15, 0.2) is 5.82 Å². The summed E-state index contributed by atoms with van der Waals surface area (Å²) in [6.07, 6.45) is 0.938. The van der Waals surface area contributed by atoms with Crippen LogP contribution < -0.4 is 14.2 Å². The maximum absolute atomic E-state index is 13.9. The standard InChI is InChI=1S/C11H10ClFN4O3/c1-18-8-6(7-5(13)4-14-10(12)15-7)9(19-2)17-11(16-8)20-3/h4H,1-3H3. The van der Waals surface area contributed by atoms with Crippen LogP contribution in [0.25, 0.3) is 11.3 Å². The van der Waals surface area contributed by atoms with Crippen molar-refractivity contribution in [1.29, 1.82) is 0 Å². The van der Waals surface area contributed by atoms with Crippen molar-refractivity contribution in [1.82, 2.24) is 19.9 Å². The van der Waals surface area contributed by atoms with E-state index in [1.165, 1.54) is 21.3 Å². The van der Waals surface area contributed by atoms with Crippen molar-refractivity contribution in [3.05, 3.63) is 17.3 Å². The zero-order chi connectivity index (χ0) is 14.7. The van der Waals surface area contributed by atoms with Crippen LogP contribution in [0.4, 0.5) is 4.39 Å². The van der Waals surface area contributed by atoms with Crippen molar-refractivity contribution >= 4 is 11.6 Å². The summed E-state index contributed by atoms with van der Waals surface area (Å²) in [4.78, 5) is 15.3. The summed E-state index contributed by atoms with van der Waals surface area (Å²) < 4.78 is 29.0. The molecule has 9 heteroatoms. The van der Waals surface area contributed by atoms with Crippen molar-refractivity contribution < 1.29 is 18.6 Å². The molecule has 0 saturated carbocycles. The molecule has 0 aliphatic rings. The van der Waals surface area contributed by atoms with Crippen molar-refractivity contribution in [3.8, 4) is 29.0 Å². The molecule has 0 aliphatic carbocycles. The number of nitrogens with zero attached hydrogens (tertiary/aromatic N) is 4. The molecule has 0 N–H and O–H groups in total. The molecule has 0 aromatic carbocycles. The molecule has 0 bridgehead atoms. The van der Waals surface area contributed by atoms with E-state index >= 15 is 0 Å². The Kier molecular flexibility index (Phi) is 4.14. The Morgan fingerprint density at radius 1 is 1.00 bits per heavy atom. The highest BCUT2D eigenvalue weighted by molar-refractivity contribution is 6.28. The van der Waals surface area contributed by atoms with Crippen molar-refractivity contribution in [2.45, 2.75) is 0 Å². The molecule has 0 fully saturated rings. The zero-order valence-corrected chi connectivity index (χ0v) is 11.6. The van der Waals surface area contributed by atoms with Gasteiger partial charge in [0.1, 0.15) is 11.3 Å². The SMILES string of the molecule is COc1nc(OC)c(-c2nc(Cl)ncc2F)c(OC)n1. The molecule has 0 radical (unpaired) electrons. The van der Waals surface area contributed by atoms with E-state index in [0.29, 0.717) is 0 Å². The number of rotatable bonds is 4. The second kappa shape index (κ2) is 5.83. The van der Waals surface area contributed by atoms with E-state index in [1.54, 1.807) is 0 Å². The van der Waals surface area contributed by atoms with Gasteiger partial charge < -0.3 is 14.2 Å². The van der Waals surface area contributed by atoms with Crippen LogP contribution in [0.1, 0.15) is 0 Å². The Morgan fingerprint density at radius 3 is 2.10 bits per heavy atom. The fourth-order valence-corrected chi connectivity index (χ4v) is 1.65. The second-order valence-corrected chi connectivity index (χ2v) is 3.78. The Bertz CT molecular complexity index is 616. The summed E-state index contributed by atoms with van der Waals surface area (Å²) in [7, 11) is 4.12. The van der Waals surface area contributed by atoms with Gasteiger partial charge in [-0.05, 0) is 11.6 Å². The minimum absolute atomic E-state index is 0.0167. The number of methoxy groups -OCH3 is 3. The van der Waals surface area contributed by atoms with E-state index in [2.05, 4.69) is 19.9 Å². The molecule has 0 unspecified atom stereocenters. The molecular formula is C11H10ClFN4O3. The fraction of sp³-hybridized carbons (Fsp3) is 0.273. The topological polar surface area (TPSA) is 79.2 Å². The fourth-order valence-electron chi connectivity index (χ4n) is 1.51. The van der Waals surface area contributed by atoms with E-state index in [1.807, 2.05) is 0 Å². The lowest BCUT2D eigenvalue weighted by molar-refractivity contribution is 0.331. The first kappa shape index (κ1) is 14.2. The van der Waals surface area contributed by atoms with E-state index in [0.717, 1.165) is 6.20 Å². The van der Waals surface area contributed by atoms with Crippen LogP contribution in [0.5, 0.6) is 17.8 Å². The van der Waals surface area contributed by atoms with Crippen LogP contribution in [0.3, 0.4) is 0 Å². The van der Waals surface area contributed by atoms with Gasteiger partial charge in [-0.2, -0.15) is 9.97 Å². The summed E-state index contributed by atoms with van der Waals surface area (Å²) in [6.45, 7) is 0. The van der Waals surface area contributed by atoms with Crippen LogP contribution >= 0.6 is 11.6 Å². The lowest BCUT2D eigenvalue weighted by Crippen LogP contribution is -2.04. The summed E-state index contributed by atoms with van der Waals surface area (Å²) in [6, 6.07) is 0.0167. The first-order valence-corrected chi connectivity index (χ1v) is 5.71. The molecule has 0 saturated heterocycles. The van der Waals surface area contributed by atoms with Gasteiger partial charge in [0, 0.05) is 0 Å². The maximum atomic E-state index is 13.9. The third kappa shape index (κ3) is 2.55. The molecule has 20 heavy (non-hydrogen) atoms. The molecule has 2 aromatic rings. The number of ether oxygens (including phenoxy) is 3. The minimum Gasteiger partial charge on any atom is -0.480 e. The quantitative estimate of drug-likeness (QED) is 0.796. The van der Waals surface area contributed by atoms with Gasteiger partial charge in [-0.3, -0.25) is 0 Å². The monoisotopic (exact) mass is 300 g/mol. The van der Waals surface area contributed by atoms with Gasteiger partial charge in [-0.1, -0.05) is 0 Å². The van der Waals surface area contributed by atoms with Crippen LogP contribution in [0.15, 0.2) is 6.20 Å². The molecule has 0 atom stereocenters. The Hall–Kier alpha value is -2.22. The predicted molar refractivity (Wildman–Crippen MR) is 67.7 cm³/mol. The van der Waals surface area contributed by atoms with Crippen LogP contribution in [-0.2, 0) is 0 Å². The van der Waals surface area contributed by atoms with Gasteiger partial charge in [-0.15, -0.1) is 0 Å². The maximum Gasteiger partial charge on any atom is 0.322 e. The van der Waals surface area contributed by atoms with Gasteiger partial charge in [0.25, 0.3) is 0 Å². The molecule has 0 amide bonds.